The fourth-order valence-corrected chi connectivity index (χ4v) is 24.0. The Kier molecular flexibility index (Phi) is 27.9. The van der Waals surface area contributed by atoms with Gasteiger partial charge in [0.25, 0.3) is 0 Å². The first-order valence-electron chi connectivity index (χ1n) is 46.0. The van der Waals surface area contributed by atoms with Gasteiger partial charge in [-0.05, 0) is 247 Å². The van der Waals surface area contributed by atoms with E-state index in [1.807, 2.05) is 116 Å². The predicted molar refractivity (Wildman–Crippen MR) is 518 cm³/mol. The quantitative estimate of drug-likeness (QED) is 0.0436. The fourth-order valence-electron chi connectivity index (χ4n) is 20.8. The monoisotopic (exact) mass is 1900 g/mol. The van der Waals surface area contributed by atoms with E-state index in [0.717, 1.165) is 126 Å². The fraction of sp³-hybridized carbons (Fsp3) is 0.385. The molecule has 696 valence electrons. The number of aliphatic hydroxyl groups is 4. The van der Waals surface area contributed by atoms with E-state index >= 15 is 0 Å². The van der Waals surface area contributed by atoms with Crippen LogP contribution in [-0.2, 0) is 66.5 Å². The van der Waals surface area contributed by atoms with Gasteiger partial charge in [-0.15, -0.1) is 20.4 Å². The van der Waals surface area contributed by atoms with Gasteiger partial charge in [0.1, 0.15) is 77.3 Å². The Labute approximate surface area is 805 Å². The average Bonchev–Trinajstić information content (AvgIpc) is 1.59. The molecule has 0 bridgehead atoms. The van der Waals surface area contributed by atoms with Crippen LogP contribution in [0.2, 0.25) is 0 Å². The van der Waals surface area contributed by atoms with Gasteiger partial charge in [0.05, 0.1) is 73.1 Å². The number of amides is 4. The van der Waals surface area contributed by atoms with Crippen molar-refractivity contribution in [3.8, 4) is 133 Å². The van der Waals surface area contributed by atoms with E-state index in [-0.39, 0.29) is 96.1 Å². The number of carbonyl (C=O) groups excluding carboxylic acids is 4. The van der Waals surface area contributed by atoms with Crippen LogP contribution in [0.3, 0.4) is 0 Å². The number of β-amino-alcohol motifs (C(OH)–C–C–N with tert-alkyl or cyclic N) is 4. The number of fused-ring (bicyclic) bond motifs is 8. The molecule has 136 heavy (non-hydrogen) atoms. The number of rotatable bonds is 24. The van der Waals surface area contributed by atoms with Crippen molar-refractivity contribution in [2.24, 2.45) is 0 Å². The lowest BCUT2D eigenvalue weighted by Crippen LogP contribution is -2.32. The summed E-state index contributed by atoms with van der Waals surface area (Å²) in [4.78, 5) is 67.0. The minimum atomic E-state index is -0.181. The zero-order valence-electron chi connectivity index (χ0n) is 77.0. The Morgan fingerprint density at radius 3 is 0.853 bits per heavy atom. The molecular weight excluding hydrogens is 1790 g/mol. The normalized spacial score (nSPS) is 19.1. The Bertz CT molecular complexity index is 5980. The first-order valence-corrected chi connectivity index (χ1v) is 49.2. The van der Waals surface area contributed by atoms with E-state index in [4.69, 9.17) is 28.9 Å². The van der Waals surface area contributed by atoms with Crippen molar-refractivity contribution in [3.05, 3.63) is 212 Å². The van der Waals surface area contributed by atoms with Crippen LogP contribution in [0.25, 0.3) is 86.2 Å². The number of benzene rings is 8. The Morgan fingerprint density at radius 1 is 0.346 bits per heavy atom. The van der Waals surface area contributed by atoms with Crippen molar-refractivity contribution in [2.45, 2.75) is 179 Å². The molecule has 28 nitrogen and oxygen atoms in total. The van der Waals surface area contributed by atoms with Gasteiger partial charge in [-0.2, -0.15) is 29.8 Å². The van der Waals surface area contributed by atoms with Gasteiger partial charge in [0.2, 0.25) is 23.6 Å². The molecule has 12 aromatic rings. The van der Waals surface area contributed by atoms with Crippen LogP contribution in [-0.4, -0.2) is 206 Å². The van der Waals surface area contributed by atoms with E-state index in [1.54, 1.807) is 56.0 Å². The molecule has 8 heterocycles. The number of hydrogen-bond donors (Lipinski definition) is 4. The van der Waals surface area contributed by atoms with Crippen LogP contribution in [0.1, 0.15) is 174 Å². The number of ether oxygens (including phenoxy) is 4. The number of nitrogens with zero attached hydrogens (tertiary/aromatic N) is 16. The number of nitriles is 4. The highest BCUT2D eigenvalue weighted by Crippen LogP contribution is 2.55. The summed E-state index contributed by atoms with van der Waals surface area (Å²) in [7, 11) is 0. The molecule has 4 fully saturated rings. The number of hydrogen-bond acceptors (Lipinski definition) is 28. The first kappa shape index (κ1) is 94.6. The van der Waals surface area contributed by atoms with Gasteiger partial charge in [0, 0.05) is 144 Å². The molecule has 32 heteroatoms. The molecule has 4 aliphatic heterocycles. The highest BCUT2D eigenvalue weighted by Gasteiger charge is 2.53. The van der Waals surface area contributed by atoms with Crippen LogP contribution in [0, 0.1) is 45.3 Å². The van der Waals surface area contributed by atoms with Crippen molar-refractivity contribution >= 4 is 69.4 Å². The largest absolute Gasteiger partial charge is 0.490 e. The molecule has 0 radical (unpaired) electrons. The Balaban J connectivity index is 0.000000126. The molecule has 8 aromatic carbocycles. The van der Waals surface area contributed by atoms with Crippen LogP contribution >= 0.6 is 45.7 Å². The molecule has 4 saturated heterocycles. The van der Waals surface area contributed by atoms with Crippen molar-refractivity contribution < 1.29 is 58.6 Å². The highest BCUT2D eigenvalue weighted by atomic mass is 32.1. The molecule has 0 saturated carbocycles. The second-order valence-corrected chi connectivity index (χ2v) is 40.4. The lowest BCUT2D eigenvalue weighted by molar-refractivity contribution is -0.128. The molecule has 4 aliphatic carbocycles. The third kappa shape index (κ3) is 18.9. The lowest BCUT2D eigenvalue weighted by Gasteiger charge is -2.24. The maximum atomic E-state index is 12.5. The van der Waals surface area contributed by atoms with Crippen LogP contribution in [0.15, 0.2) is 146 Å². The minimum Gasteiger partial charge on any atom is -0.490 e. The van der Waals surface area contributed by atoms with Gasteiger partial charge in [-0.3, -0.25) is 19.2 Å². The molecule has 20 rings (SSSR count). The smallest absolute Gasteiger partial charge is 0.223 e. The Hall–Kier alpha value is -13.1. The number of aliphatic hydroxyl groups excluding tert-OH is 4. The first-order chi connectivity index (χ1) is 65.7. The molecule has 8 aliphatic rings. The summed E-state index contributed by atoms with van der Waals surface area (Å²) in [6.07, 6.45) is 9.14. The summed E-state index contributed by atoms with van der Waals surface area (Å²) in [6.45, 7) is 19.6. The van der Waals surface area contributed by atoms with Crippen molar-refractivity contribution in [1.82, 2.24) is 58.7 Å². The van der Waals surface area contributed by atoms with Gasteiger partial charge >= 0.3 is 0 Å². The maximum absolute atomic E-state index is 12.5. The third-order valence-corrected chi connectivity index (χ3v) is 30.2. The van der Waals surface area contributed by atoms with Gasteiger partial charge in [0.15, 0.2) is 11.6 Å². The molecule has 4 atom stereocenters. The van der Waals surface area contributed by atoms with Crippen LogP contribution in [0.4, 0.5) is 0 Å². The summed E-state index contributed by atoms with van der Waals surface area (Å²) in [6, 6.07) is 55.8. The summed E-state index contributed by atoms with van der Waals surface area (Å²) in [5.74, 6) is 3.89. The number of carbonyl (C=O) groups is 4. The number of likely N-dealkylation sites (tertiary alicyclic amines) is 4. The van der Waals surface area contributed by atoms with Gasteiger partial charge < -0.3 is 59.0 Å². The van der Waals surface area contributed by atoms with E-state index in [2.05, 4.69) is 102 Å². The third-order valence-electron chi connectivity index (χ3n) is 26.7. The summed E-state index contributed by atoms with van der Waals surface area (Å²) >= 11 is 5.70. The molecule has 4 aromatic heterocycles. The van der Waals surface area contributed by atoms with E-state index in [0.29, 0.717) is 135 Å². The maximum Gasteiger partial charge on any atom is 0.223 e. The van der Waals surface area contributed by atoms with Crippen molar-refractivity contribution in [2.75, 3.05) is 78.8 Å². The number of aromatic nitrogens is 8. The standard InChI is InChI=1S/4C26H26N4O3S/c2*1-16(2)33-22-7-6-17(12-18(22)14-27)24-28-29-25(34-24)20-4-3-5-21-19(20)8-9-26(21)13-23(32)30(15-26)10-11-31;2*1-16(2)33-22-7-6-17(12-18(22)14-27)24-28-25(34-29-24)20-4-3-5-21-19(20)8-9-26(21)13-23(32)30(15-26)10-11-31/h4*3-7,12,16,31H,8-11,13,15H2,1-2H3/t4*26-/m1010/s1. The topological polar surface area (TPSA) is 397 Å². The second-order valence-electron chi connectivity index (χ2n) is 36.9. The zero-order chi connectivity index (χ0) is 95.5. The molecule has 4 amide bonds. The molecule has 0 unspecified atom stereocenters. The minimum absolute atomic E-state index is 0.0135. The van der Waals surface area contributed by atoms with Crippen LogP contribution < -0.4 is 18.9 Å². The van der Waals surface area contributed by atoms with Crippen LogP contribution in [0.5, 0.6) is 23.0 Å². The lowest BCUT2D eigenvalue weighted by atomic mass is 9.80. The molecule has 4 N–H and O–H groups in total. The SMILES string of the molecule is CC(C)Oc1ccc(-c2nnc(-c3cccc4c3CC[C@@]43CC(=O)N(CCO)C3)s2)cc1C#N.CC(C)Oc1ccc(-c2nnc(-c3cccc4c3CC[C@]43CC(=O)N(CCO)C3)s2)cc1C#N.CC(C)Oc1ccc(-c2nsc(-c3cccc4c3CC[C@@]43CC(=O)N(CCO)C3)n2)cc1C#N.CC(C)Oc1ccc(-c2nsc(-c3cccc4c3CC[C@]43CC(=O)N(CCO)C3)n2)cc1C#N. The average molecular weight is 1900 g/mol. The predicted octanol–water partition coefficient (Wildman–Crippen LogP) is 15.8. The zero-order valence-corrected chi connectivity index (χ0v) is 80.2. The van der Waals surface area contributed by atoms with Crippen molar-refractivity contribution in [3.63, 3.8) is 0 Å². The van der Waals surface area contributed by atoms with E-state index in [1.165, 1.54) is 90.2 Å². The van der Waals surface area contributed by atoms with E-state index in [9.17, 15) is 60.7 Å². The second kappa shape index (κ2) is 40.0. The highest BCUT2D eigenvalue weighted by molar-refractivity contribution is 7.18. The van der Waals surface area contributed by atoms with Gasteiger partial charge in [-0.1, -0.05) is 95.5 Å². The molecular formula is C104H104N16O12S4. The summed E-state index contributed by atoms with van der Waals surface area (Å²) in [5.41, 5.74) is 18.5. The molecule has 4 spiro atoms. The Morgan fingerprint density at radius 2 is 0.596 bits per heavy atom. The summed E-state index contributed by atoms with van der Waals surface area (Å²) in [5, 5.41) is 98.1. The van der Waals surface area contributed by atoms with Gasteiger partial charge in [-0.25, -0.2) is 9.97 Å². The van der Waals surface area contributed by atoms with E-state index < -0.39 is 0 Å². The summed E-state index contributed by atoms with van der Waals surface area (Å²) < 4.78 is 32.1. The van der Waals surface area contributed by atoms with Crippen molar-refractivity contribution in [1.29, 1.82) is 21.0 Å².